The van der Waals surface area contributed by atoms with Crippen LogP contribution in [0.3, 0.4) is 0 Å². The number of benzene rings is 2. The number of anilines is 2. The van der Waals surface area contributed by atoms with Crippen molar-refractivity contribution in [3.05, 3.63) is 82.5 Å². The van der Waals surface area contributed by atoms with Crippen LogP contribution in [0, 0.1) is 17.3 Å². The van der Waals surface area contributed by atoms with Crippen molar-refractivity contribution < 1.29 is 19.5 Å². The first-order valence-corrected chi connectivity index (χ1v) is 14.2. The number of amides is 2. The van der Waals surface area contributed by atoms with Crippen LogP contribution in [0.2, 0.25) is 0 Å². The van der Waals surface area contributed by atoms with Gasteiger partial charge in [-0.15, -0.1) is 0 Å². The number of fused-ring (bicyclic) bond motifs is 4. The predicted molar refractivity (Wildman–Crippen MR) is 151 cm³/mol. The zero-order valence-electron chi connectivity index (χ0n) is 22.6. The third-order valence-electron chi connectivity index (χ3n) is 9.72. The van der Waals surface area contributed by atoms with E-state index in [1.807, 2.05) is 18.2 Å². The van der Waals surface area contributed by atoms with Gasteiger partial charge in [-0.05, 0) is 115 Å². The first kappa shape index (κ1) is 25.8. The van der Waals surface area contributed by atoms with E-state index in [0.717, 1.165) is 38.5 Å². The molecule has 6 nitrogen and oxygen atoms in total. The van der Waals surface area contributed by atoms with Gasteiger partial charge in [-0.2, -0.15) is 0 Å². The van der Waals surface area contributed by atoms with Crippen LogP contribution in [0.5, 0.6) is 0 Å². The molecule has 5 unspecified atom stereocenters. The maximum Gasteiger partial charge on any atom is 0.255 e. The van der Waals surface area contributed by atoms with Crippen LogP contribution >= 0.6 is 0 Å². The number of hydrogen-bond acceptors (Lipinski definition) is 4. The summed E-state index contributed by atoms with van der Waals surface area (Å²) in [4.78, 5) is 36.4. The molecule has 2 fully saturated rings. The van der Waals surface area contributed by atoms with Gasteiger partial charge in [0.2, 0.25) is 5.91 Å². The highest BCUT2D eigenvalue weighted by molar-refractivity contribution is 6.04. The molecule has 0 heterocycles. The van der Waals surface area contributed by atoms with Crippen molar-refractivity contribution in [2.45, 2.75) is 70.8 Å². The van der Waals surface area contributed by atoms with E-state index in [4.69, 9.17) is 0 Å². The van der Waals surface area contributed by atoms with Crippen molar-refractivity contribution in [2.24, 2.45) is 17.3 Å². The normalized spacial score (nSPS) is 29.6. The molecule has 0 saturated heterocycles. The van der Waals surface area contributed by atoms with Crippen LogP contribution in [0.4, 0.5) is 11.4 Å². The molecule has 0 aromatic heterocycles. The molecule has 4 aliphatic rings. The van der Waals surface area contributed by atoms with Crippen molar-refractivity contribution in [2.75, 3.05) is 10.6 Å². The molecule has 0 aliphatic heterocycles. The maximum absolute atomic E-state index is 13.0. The highest BCUT2D eigenvalue weighted by atomic mass is 16.3. The van der Waals surface area contributed by atoms with Crippen molar-refractivity contribution in [3.63, 3.8) is 0 Å². The van der Waals surface area contributed by atoms with Gasteiger partial charge in [-0.3, -0.25) is 14.4 Å². The van der Waals surface area contributed by atoms with Gasteiger partial charge in [0.25, 0.3) is 5.91 Å². The van der Waals surface area contributed by atoms with Gasteiger partial charge < -0.3 is 15.7 Å². The summed E-state index contributed by atoms with van der Waals surface area (Å²) < 4.78 is 0. The Bertz CT molecular complexity index is 1390. The van der Waals surface area contributed by atoms with Crippen LogP contribution in [0.25, 0.3) is 0 Å². The molecule has 39 heavy (non-hydrogen) atoms. The number of ketones is 1. The second-order valence-electron chi connectivity index (χ2n) is 12.0. The Morgan fingerprint density at radius 2 is 1.59 bits per heavy atom. The van der Waals surface area contributed by atoms with Gasteiger partial charge in [0.1, 0.15) is 0 Å². The summed E-state index contributed by atoms with van der Waals surface area (Å²) in [5.74, 6) is 0.999. The fourth-order valence-electron chi connectivity index (χ4n) is 7.84. The summed E-state index contributed by atoms with van der Waals surface area (Å²) >= 11 is 0. The fraction of sp³-hybridized carbons (Fsp3) is 0.424. The Hall–Kier alpha value is -3.51. The highest BCUT2D eigenvalue weighted by Gasteiger charge is 2.56. The van der Waals surface area contributed by atoms with E-state index in [9.17, 15) is 19.5 Å². The van der Waals surface area contributed by atoms with Gasteiger partial charge in [-0.1, -0.05) is 24.6 Å². The Balaban J connectivity index is 1.28. The molecule has 2 aromatic rings. The number of nitrogens with one attached hydrogen (secondary N) is 2. The molecule has 2 saturated carbocycles. The number of aliphatic hydroxyl groups is 1. The first-order chi connectivity index (χ1) is 18.7. The second-order valence-corrected chi connectivity index (χ2v) is 12.0. The molecule has 2 amide bonds. The van der Waals surface area contributed by atoms with Gasteiger partial charge >= 0.3 is 0 Å². The van der Waals surface area contributed by atoms with Gasteiger partial charge in [-0.25, -0.2) is 0 Å². The lowest BCUT2D eigenvalue weighted by atomic mass is 9.53. The predicted octanol–water partition coefficient (Wildman–Crippen LogP) is 6.16. The van der Waals surface area contributed by atoms with E-state index in [1.165, 1.54) is 29.2 Å². The van der Waals surface area contributed by atoms with E-state index in [2.05, 4.69) is 29.7 Å². The number of hydrogen-bond donors (Lipinski definition) is 3. The van der Waals surface area contributed by atoms with E-state index in [0.29, 0.717) is 35.2 Å². The van der Waals surface area contributed by atoms with Crippen LogP contribution in [-0.2, 0) is 9.59 Å². The molecule has 5 atom stereocenters. The molecule has 0 radical (unpaired) electrons. The summed E-state index contributed by atoms with van der Waals surface area (Å²) in [5, 5.41) is 16.7. The van der Waals surface area contributed by atoms with Crippen molar-refractivity contribution in [1.29, 1.82) is 0 Å². The third-order valence-corrected chi connectivity index (χ3v) is 9.72. The SMILES string of the molecule is CC(=O)Nc1ccc(NC(=O)c2ccc(C3CC4(C)C(O)CCC4C4CCC5=CC(=O)CCC5=C34)cc2)cc1. The Labute approximate surface area is 229 Å². The lowest BCUT2D eigenvalue weighted by molar-refractivity contribution is -0.115. The van der Waals surface area contributed by atoms with Crippen LogP contribution < -0.4 is 10.6 Å². The molecule has 202 valence electrons. The first-order valence-electron chi connectivity index (χ1n) is 14.2. The van der Waals surface area contributed by atoms with Crippen molar-refractivity contribution in [3.8, 4) is 0 Å². The summed E-state index contributed by atoms with van der Waals surface area (Å²) in [5.41, 5.74) is 7.08. The van der Waals surface area contributed by atoms with E-state index < -0.39 is 0 Å². The summed E-state index contributed by atoms with van der Waals surface area (Å²) in [6.07, 6.45) is 7.81. The number of allylic oxidation sites excluding steroid dienone is 4. The zero-order chi connectivity index (χ0) is 27.3. The molecular formula is C33H36N2O4. The van der Waals surface area contributed by atoms with Crippen LogP contribution in [0.15, 0.2) is 71.3 Å². The molecule has 2 aromatic carbocycles. The summed E-state index contributed by atoms with van der Waals surface area (Å²) in [6, 6.07) is 15.0. The summed E-state index contributed by atoms with van der Waals surface area (Å²) in [7, 11) is 0. The lowest BCUT2D eigenvalue weighted by Crippen LogP contribution is -2.45. The fourth-order valence-corrected chi connectivity index (χ4v) is 7.84. The largest absolute Gasteiger partial charge is 0.393 e. The minimum atomic E-state index is -0.288. The summed E-state index contributed by atoms with van der Waals surface area (Å²) in [6.45, 7) is 3.73. The second kappa shape index (κ2) is 9.91. The molecule has 6 heteroatoms. The molecule has 4 aliphatic carbocycles. The molecular weight excluding hydrogens is 488 g/mol. The number of carbonyl (C=O) groups excluding carboxylic acids is 3. The molecule has 0 spiro atoms. The van der Waals surface area contributed by atoms with E-state index in [-0.39, 0.29) is 35.0 Å². The monoisotopic (exact) mass is 524 g/mol. The van der Waals surface area contributed by atoms with Crippen molar-refractivity contribution >= 4 is 29.0 Å². The zero-order valence-corrected chi connectivity index (χ0v) is 22.6. The van der Waals surface area contributed by atoms with Crippen LogP contribution in [-0.4, -0.2) is 28.8 Å². The Morgan fingerprint density at radius 1 is 0.897 bits per heavy atom. The minimum Gasteiger partial charge on any atom is -0.393 e. The minimum absolute atomic E-state index is 0.120. The quantitative estimate of drug-likeness (QED) is 0.447. The lowest BCUT2D eigenvalue weighted by Gasteiger charge is -2.52. The van der Waals surface area contributed by atoms with E-state index >= 15 is 0 Å². The smallest absolute Gasteiger partial charge is 0.255 e. The molecule has 0 bridgehead atoms. The third kappa shape index (κ3) is 4.65. The molecule has 3 N–H and O–H groups in total. The Kier molecular flexibility index (Phi) is 6.54. The Morgan fingerprint density at radius 3 is 2.28 bits per heavy atom. The number of carbonyl (C=O) groups is 3. The van der Waals surface area contributed by atoms with Gasteiger partial charge in [0.05, 0.1) is 6.10 Å². The van der Waals surface area contributed by atoms with Crippen molar-refractivity contribution in [1.82, 2.24) is 0 Å². The van der Waals surface area contributed by atoms with E-state index in [1.54, 1.807) is 24.3 Å². The average molecular weight is 525 g/mol. The van der Waals surface area contributed by atoms with Gasteiger partial charge in [0.15, 0.2) is 5.78 Å². The number of rotatable bonds is 4. The standard InChI is InChI=1S/C33H36N2O4/c1-19(36)34-23-8-10-24(11-9-23)35-32(39)21-5-3-20(4-6-21)28-18-33(2)29(15-16-30(33)38)27-13-7-22-17-25(37)12-14-26(22)31(27)28/h3-6,8-11,17,27-30,38H,7,12-16,18H2,1-2H3,(H,34,36)(H,35,39). The number of aliphatic hydroxyl groups excluding tert-OH is 1. The highest BCUT2D eigenvalue weighted by Crippen LogP contribution is 2.63. The van der Waals surface area contributed by atoms with Gasteiger partial charge in [0, 0.05) is 36.2 Å². The van der Waals surface area contributed by atoms with Crippen LogP contribution in [0.1, 0.15) is 80.6 Å². The maximum atomic E-state index is 13.0. The topological polar surface area (TPSA) is 95.5 Å². The molecule has 6 rings (SSSR count). The average Bonchev–Trinajstić information content (AvgIpc) is 3.22.